The first-order valence-electron chi connectivity index (χ1n) is 5.52. The number of ketones is 1. The molecule has 0 N–H and O–H groups in total. The lowest BCUT2D eigenvalue weighted by Gasteiger charge is -2.07. The zero-order valence-corrected chi connectivity index (χ0v) is 11.1. The summed E-state index contributed by atoms with van der Waals surface area (Å²) in [5, 5.41) is 0. The molecule has 2 rings (SSSR count). The second-order valence-electron chi connectivity index (χ2n) is 4.07. The Morgan fingerprint density at radius 3 is 3.00 bits per heavy atom. The first kappa shape index (κ1) is 12.3. The van der Waals surface area contributed by atoms with Crippen LogP contribution in [0.4, 0.5) is 0 Å². The maximum absolute atomic E-state index is 11.8. The Bertz CT molecular complexity index is 468. The van der Waals surface area contributed by atoms with Crippen LogP contribution >= 0.6 is 15.9 Å². The summed E-state index contributed by atoms with van der Waals surface area (Å²) in [7, 11) is 0. The molecular formula is C13H13BrO3. The summed E-state index contributed by atoms with van der Waals surface area (Å²) in [6.07, 6.45) is 1.39. The third-order valence-corrected chi connectivity index (χ3v) is 3.62. The number of esters is 1. The van der Waals surface area contributed by atoms with Gasteiger partial charge in [0.15, 0.2) is 5.78 Å². The van der Waals surface area contributed by atoms with Crippen LogP contribution in [0.5, 0.6) is 0 Å². The fraction of sp³-hybridized carbons (Fsp3) is 0.385. The summed E-state index contributed by atoms with van der Waals surface area (Å²) in [6, 6.07) is 5.72. The molecule has 0 saturated heterocycles. The van der Waals surface area contributed by atoms with Gasteiger partial charge >= 0.3 is 5.97 Å². The summed E-state index contributed by atoms with van der Waals surface area (Å²) in [5.41, 5.74) is 2.98. The van der Waals surface area contributed by atoms with Crippen molar-refractivity contribution in [1.82, 2.24) is 0 Å². The predicted octanol–water partition coefficient (Wildman–Crippen LogP) is 2.29. The number of Topliss-reactive ketones (excluding diaryl/α,β-unsaturated/α-hetero) is 1. The molecule has 1 aliphatic carbocycles. The van der Waals surface area contributed by atoms with Crippen molar-refractivity contribution < 1.29 is 14.3 Å². The van der Waals surface area contributed by atoms with Crippen LogP contribution in [0.2, 0.25) is 0 Å². The number of ether oxygens (including phenoxy) is 1. The largest absolute Gasteiger partial charge is 0.466 e. The summed E-state index contributed by atoms with van der Waals surface area (Å²) >= 11 is 3.38. The number of carbonyl (C=O) groups excluding carboxylic acids is 2. The quantitative estimate of drug-likeness (QED) is 0.635. The lowest BCUT2D eigenvalue weighted by Crippen LogP contribution is -2.05. The summed E-state index contributed by atoms with van der Waals surface area (Å²) in [4.78, 5) is 22.4. The molecule has 1 aliphatic rings. The number of fused-ring (bicyclic) bond motifs is 1. The number of hydrogen-bond acceptors (Lipinski definition) is 3. The first-order chi connectivity index (χ1) is 8.09. The van der Waals surface area contributed by atoms with Crippen molar-refractivity contribution in [3.63, 3.8) is 0 Å². The third-order valence-electron chi connectivity index (χ3n) is 2.88. The number of carbonyl (C=O) groups is 2. The molecule has 0 aromatic heterocycles. The summed E-state index contributed by atoms with van der Waals surface area (Å²) < 4.78 is 4.92. The zero-order chi connectivity index (χ0) is 12.4. The van der Waals surface area contributed by atoms with Gasteiger partial charge in [0.05, 0.1) is 11.4 Å². The molecule has 17 heavy (non-hydrogen) atoms. The van der Waals surface area contributed by atoms with Crippen LogP contribution < -0.4 is 0 Å². The lowest BCUT2D eigenvalue weighted by atomic mass is 10.0. The molecule has 0 bridgehead atoms. The Morgan fingerprint density at radius 1 is 1.53 bits per heavy atom. The van der Waals surface area contributed by atoms with Gasteiger partial charge in [0.25, 0.3) is 0 Å². The SMILES string of the molecule is CC(=O)OCCc1cccc2c1CC(Br)C2=O. The average Bonchev–Trinajstić information content (AvgIpc) is 2.56. The van der Waals surface area contributed by atoms with Gasteiger partial charge in [-0.3, -0.25) is 9.59 Å². The van der Waals surface area contributed by atoms with E-state index in [1.807, 2.05) is 18.2 Å². The van der Waals surface area contributed by atoms with E-state index in [1.54, 1.807) is 0 Å². The fourth-order valence-corrected chi connectivity index (χ4v) is 2.66. The zero-order valence-electron chi connectivity index (χ0n) is 9.53. The minimum atomic E-state index is -0.271. The Balaban J connectivity index is 2.15. The smallest absolute Gasteiger partial charge is 0.302 e. The van der Waals surface area contributed by atoms with E-state index in [2.05, 4.69) is 15.9 Å². The number of alkyl halides is 1. The molecule has 0 fully saturated rings. The van der Waals surface area contributed by atoms with E-state index in [9.17, 15) is 9.59 Å². The maximum atomic E-state index is 11.8. The van der Waals surface area contributed by atoms with Gasteiger partial charge in [-0.2, -0.15) is 0 Å². The number of rotatable bonds is 3. The van der Waals surface area contributed by atoms with Gasteiger partial charge in [0, 0.05) is 18.9 Å². The standard InChI is InChI=1S/C13H13BrO3/c1-8(15)17-6-5-9-3-2-4-10-11(9)7-12(14)13(10)16/h2-4,12H,5-7H2,1H3. The van der Waals surface area contributed by atoms with E-state index in [0.717, 1.165) is 23.1 Å². The molecule has 0 saturated carbocycles. The molecule has 0 spiro atoms. The molecule has 1 unspecified atom stereocenters. The molecule has 0 amide bonds. The van der Waals surface area contributed by atoms with Gasteiger partial charge in [0.2, 0.25) is 0 Å². The van der Waals surface area contributed by atoms with Crippen LogP contribution in [0.15, 0.2) is 18.2 Å². The van der Waals surface area contributed by atoms with E-state index in [4.69, 9.17) is 4.74 Å². The normalized spacial score (nSPS) is 18.0. The van der Waals surface area contributed by atoms with Crippen molar-refractivity contribution in [2.24, 2.45) is 0 Å². The third kappa shape index (κ3) is 2.57. The van der Waals surface area contributed by atoms with E-state index < -0.39 is 0 Å². The molecule has 1 atom stereocenters. The van der Waals surface area contributed by atoms with Crippen LogP contribution in [-0.4, -0.2) is 23.2 Å². The Labute approximate surface area is 108 Å². The van der Waals surface area contributed by atoms with Crippen molar-refractivity contribution in [2.45, 2.75) is 24.6 Å². The lowest BCUT2D eigenvalue weighted by molar-refractivity contribution is -0.140. The fourth-order valence-electron chi connectivity index (χ4n) is 2.09. The van der Waals surface area contributed by atoms with Gasteiger partial charge in [0.1, 0.15) is 0 Å². The molecular weight excluding hydrogens is 284 g/mol. The van der Waals surface area contributed by atoms with Crippen molar-refractivity contribution in [2.75, 3.05) is 6.61 Å². The second-order valence-corrected chi connectivity index (χ2v) is 5.17. The van der Waals surface area contributed by atoms with Gasteiger partial charge in [-0.05, 0) is 17.5 Å². The monoisotopic (exact) mass is 296 g/mol. The second kappa shape index (κ2) is 5.00. The molecule has 0 aliphatic heterocycles. The molecule has 3 nitrogen and oxygen atoms in total. The summed E-state index contributed by atoms with van der Waals surface area (Å²) in [6.45, 7) is 1.76. The number of halogens is 1. The highest BCUT2D eigenvalue weighted by Crippen LogP contribution is 2.29. The van der Waals surface area contributed by atoms with Crippen molar-refractivity contribution in [3.05, 3.63) is 34.9 Å². The van der Waals surface area contributed by atoms with Gasteiger partial charge < -0.3 is 4.74 Å². The molecule has 0 radical (unpaired) electrons. The van der Waals surface area contributed by atoms with Gasteiger partial charge in [-0.25, -0.2) is 0 Å². The number of benzene rings is 1. The van der Waals surface area contributed by atoms with Gasteiger partial charge in [-0.15, -0.1) is 0 Å². The highest BCUT2D eigenvalue weighted by molar-refractivity contribution is 9.10. The van der Waals surface area contributed by atoms with Crippen LogP contribution in [-0.2, 0) is 22.4 Å². The minimum Gasteiger partial charge on any atom is -0.466 e. The molecule has 4 heteroatoms. The van der Waals surface area contributed by atoms with Crippen LogP contribution in [0, 0.1) is 0 Å². The van der Waals surface area contributed by atoms with E-state index >= 15 is 0 Å². The predicted molar refractivity (Wildman–Crippen MR) is 67.5 cm³/mol. The first-order valence-corrected chi connectivity index (χ1v) is 6.43. The van der Waals surface area contributed by atoms with Crippen LogP contribution in [0.25, 0.3) is 0 Å². The van der Waals surface area contributed by atoms with Crippen molar-refractivity contribution >= 4 is 27.7 Å². The highest BCUT2D eigenvalue weighted by Gasteiger charge is 2.29. The highest BCUT2D eigenvalue weighted by atomic mass is 79.9. The van der Waals surface area contributed by atoms with Crippen molar-refractivity contribution in [3.8, 4) is 0 Å². The van der Waals surface area contributed by atoms with Crippen LogP contribution in [0.3, 0.4) is 0 Å². The maximum Gasteiger partial charge on any atom is 0.302 e. The molecule has 90 valence electrons. The van der Waals surface area contributed by atoms with E-state index in [-0.39, 0.29) is 16.6 Å². The van der Waals surface area contributed by atoms with Crippen molar-refractivity contribution in [1.29, 1.82) is 0 Å². The Kier molecular flexibility index (Phi) is 3.62. The molecule has 1 aromatic rings. The topological polar surface area (TPSA) is 43.4 Å². The van der Waals surface area contributed by atoms with E-state index in [1.165, 1.54) is 6.92 Å². The Hall–Kier alpha value is -1.16. The van der Waals surface area contributed by atoms with Gasteiger partial charge in [-0.1, -0.05) is 34.1 Å². The van der Waals surface area contributed by atoms with Crippen LogP contribution in [0.1, 0.15) is 28.4 Å². The average molecular weight is 297 g/mol. The number of hydrogen-bond donors (Lipinski definition) is 0. The molecule has 1 aromatic carbocycles. The molecule has 0 heterocycles. The Morgan fingerprint density at radius 2 is 2.29 bits per heavy atom. The summed E-state index contributed by atoms with van der Waals surface area (Å²) in [5.74, 6) is -0.124. The minimum absolute atomic E-state index is 0.104. The van der Waals surface area contributed by atoms with E-state index in [0.29, 0.717) is 13.0 Å².